The van der Waals surface area contributed by atoms with E-state index in [9.17, 15) is 4.79 Å². The van der Waals surface area contributed by atoms with Crippen molar-refractivity contribution in [1.29, 1.82) is 0 Å². The van der Waals surface area contributed by atoms with Crippen molar-refractivity contribution in [3.05, 3.63) is 58.6 Å². The van der Waals surface area contributed by atoms with Gasteiger partial charge in [0.15, 0.2) is 5.13 Å². The average Bonchev–Trinajstić information content (AvgIpc) is 3.18. The van der Waals surface area contributed by atoms with E-state index in [0.29, 0.717) is 5.13 Å². The van der Waals surface area contributed by atoms with Gasteiger partial charge >= 0.3 is 5.97 Å². The Morgan fingerprint density at radius 2 is 1.85 bits per heavy atom. The van der Waals surface area contributed by atoms with Crippen LogP contribution in [0.15, 0.2) is 42.5 Å². The van der Waals surface area contributed by atoms with Crippen molar-refractivity contribution in [1.82, 2.24) is 9.97 Å². The highest BCUT2D eigenvalue weighted by Crippen LogP contribution is 2.32. The lowest BCUT2D eigenvalue weighted by atomic mass is 10.2. The number of hydrogen-bond donors (Lipinski definition) is 2. The molecule has 0 saturated carbocycles. The van der Waals surface area contributed by atoms with Crippen LogP contribution in [0.3, 0.4) is 0 Å². The number of nitrogens with one attached hydrogen (secondary N) is 1. The van der Waals surface area contributed by atoms with Crippen LogP contribution in [0, 0.1) is 13.8 Å². The smallest absolute Gasteiger partial charge is 0.308 e. The lowest BCUT2D eigenvalue weighted by molar-refractivity contribution is -0.136. The molecule has 0 bridgehead atoms. The molecule has 4 rings (SSSR count). The zero-order valence-corrected chi connectivity index (χ0v) is 16.4. The number of aromatic nitrogens is 2. The highest BCUT2D eigenvalue weighted by molar-refractivity contribution is 7.21. The minimum absolute atomic E-state index is 0.00119. The maximum absolute atomic E-state index is 10.9. The van der Waals surface area contributed by atoms with E-state index in [1.54, 1.807) is 11.3 Å². The molecule has 2 aromatic carbocycles. The van der Waals surface area contributed by atoms with Crippen molar-refractivity contribution in [2.45, 2.75) is 20.3 Å². The van der Waals surface area contributed by atoms with Crippen LogP contribution in [0.4, 0.5) is 10.8 Å². The van der Waals surface area contributed by atoms with Crippen molar-refractivity contribution in [3.8, 4) is 10.6 Å². The molecule has 136 valence electrons. The molecular formula is C20H17N3O2S2. The molecule has 4 aromatic rings. The molecule has 0 atom stereocenters. The number of fused-ring (bicyclic) bond motifs is 1. The second-order valence-corrected chi connectivity index (χ2v) is 8.40. The zero-order valence-electron chi connectivity index (χ0n) is 14.8. The van der Waals surface area contributed by atoms with E-state index in [1.807, 2.05) is 31.2 Å². The molecule has 0 aliphatic heterocycles. The largest absolute Gasteiger partial charge is 0.481 e. The fourth-order valence-electron chi connectivity index (χ4n) is 2.76. The van der Waals surface area contributed by atoms with Gasteiger partial charge in [0.2, 0.25) is 0 Å². The molecule has 2 aromatic heterocycles. The highest BCUT2D eigenvalue weighted by atomic mass is 32.1. The molecule has 0 aliphatic carbocycles. The molecule has 27 heavy (non-hydrogen) atoms. The minimum Gasteiger partial charge on any atom is -0.481 e. The lowest BCUT2D eigenvalue weighted by Gasteiger charge is -2.03. The molecule has 0 unspecified atom stereocenters. The molecule has 0 radical (unpaired) electrons. The number of anilines is 2. The summed E-state index contributed by atoms with van der Waals surface area (Å²) in [5.41, 5.74) is 4.99. The lowest BCUT2D eigenvalue weighted by Crippen LogP contribution is -1.99. The van der Waals surface area contributed by atoms with E-state index in [0.717, 1.165) is 32.3 Å². The standard InChI is InChI=1S/C20H17N3O2S2/c1-11-3-8-15-17(9-11)26-19(23-15)13-4-6-14(7-5-13)22-20-21-12(2)16(27-20)10-18(24)25/h3-9H,10H2,1-2H3,(H,21,22)(H,24,25). The number of aliphatic carboxylic acids is 1. The van der Waals surface area contributed by atoms with Gasteiger partial charge in [-0.25, -0.2) is 9.97 Å². The Kier molecular flexibility index (Phi) is 4.63. The van der Waals surface area contributed by atoms with Crippen LogP contribution in [0.2, 0.25) is 0 Å². The number of aryl methyl sites for hydroxylation is 2. The van der Waals surface area contributed by atoms with Gasteiger partial charge in [0.1, 0.15) is 5.01 Å². The Morgan fingerprint density at radius 3 is 2.59 bits per heavy atom. The van der Waals surface area contributed by atoms with Crippen LogP contribution >= 0.6 is 22.7 Å². The third kappa shape index (κ3) is 3.84. The normalized spacial score (nSPS) is 11.0. The number of carbonyl (C=O) groups is 1. The van der Waals surface area contributed by atoms with Crippen LogP contribution in [-0.2, 0) is 11.2 Å². The summed E-state index contributed by atoms with van der Waals surface area (Å²) in [5.74, 6) is -0.844. The molecule has 0 fully saturated rings. The van der Waals surface area contributed by atoms with Gasteiger partial charge in [0, 0.05) is 16.1 Å². The molecule has 0 aliphatic rings. The highest BCUT2D eigenvalue weighted by Gasteiger charge is 2.11. The first-order valence-corrected chi connectivity index (χ1v) is 10.0. The molecular weight excluding hydrogens is 378 g/mol. The molecule has 0 spiro atoms. The van der Waals surface area contributed by atoms with Crippen molar-refractivity contribution >= 4 is 49.7 Å². The number of nitrogens with zero attached hydrogens (tertiary/aromatic N) is 2. The number of carboxylic acid groups (broad SMARTS) is 1. The summed E-state index contributed by atoms with van der Waals surface area (Å²) in [4.78, 5) is 20.8. The van der Waals surface area contributed by atoms with Gasteiger partial charge < -0.3 is 10.4 Å². The summed E-state index contributed by atoms with van der Waals surface area (Å²) >= 11 is 3.06. The van der Waals surface area contributed by atoms with E-state index in [4.69, 9.17) is 10.1 Å². The van der Waals surface area contributed by atoms with Crippen molar-refractivity contribution in [2.75, 3.05) is 5.32 Å². The number of rotatable bonds is 5. The van der Waals surface area contributed by atoms with E-state index >= 15 is 0 Å². The number of benzene rings is 2. The van der Waals surface area contributed by atoms with Crippen LogP contribution in [-0.4, -0.2) is 21.0 Å². The Morgan fingerprint density at radius 1 is 1.07 bits per heavy atom. The van der Waals surface area contributed by atoms with Gasteiger partial charge in [-0.2, -0.15) is 0 Å². The number of hydrogen-bond acceptors (Lipinski definition) is 6. The fourth-order valence-corrected chi connectivity index (χ4v) is 4.80. The first kappa shape index (κ1) is 17.6. The fraction of sp³-hybridized carbons (Fsp3) is 0.150. The van der Waals surface area contributed by atoms with Crippen LogP contribution in [0.25, 0.3) is 20.8 Å². The third-order valence-electron chi connectivity index (χ3n) is 4.13. The number of thiazole rings is 2. The summed E-state index contributed by atoms with van der Waals surface area (Å²) in [6.07, 6.45) is 0.00119. The molecule has 5 nitrogen and oxygen atoms in total. The van der Waals surface area contributed by atoms with Gasteiger partial charge in [0.05, 0.1) is 22.3 Å². The monoisotopic (exact) mass is 395 g/mol. The van der Waals surface area contributed by atoms with Crippen molar-refractivity contribution in [2.24, 2.45) is 0 Å². The summed E-state index contributed by atoms with van der Waals surface area (Å²) < 4.78 is 1.19. The van der Waals surface area contributed by atoms with Crippen molar-refractivity contribution < 1.29 is 9.90 Å². The molecule has 0 amide bonds. The maximum Gasteiger partial charge on any atom is 0.308 e. The van der Waals surface area contributed by atoms with Crippen LogP contribution < -0.4 is 5.32 Å². The summed E-state index contributed by atoms with van der Waals surface area (Å²) in [7, 11) is 0. The van der Waals surface area contributed by atoms with E-state index < -0.39 is 5.97 Å². The Balaban J connectivity index is 1.54. The van der Waals surface area contributed by atoms with Gasteiger partial charge in [-0.3, -0.25) is 4.79 Å². The first-order chi connectivity index (χ1) is 13.0. The van der Waals surface area contributed by atoms with E-state index in [2.05, 4.69) is 35.4 Å². The Labute approximate surface area is 164 Å². The quantitative estimate of drug-likeness (QED) is 0.473. The topological polar surface area (TPSA) is 75.1 Å². The second kappa shape index (κ2) is 7.09. The van der Waals surface area contributed by atoms with Crippen LogP contribution in [0.5, 0.6) is 0 Å². The second-order valence-electron chi connectivity index (χ2n) is 6.29. The predicted molar refractivity (Wildman–Crippen MR) is 111 cm³/mol. The third-order valence-corrected chi connectivity index (χ3v) is 6.27. The Hall–Kier alpha value is -2.77. The zero-order chi connectivity index (χ0) is 19.0. The maximum atomic E-state index is 10.9. The summed E-state index contributed by atoms with van der Waals surface area (Å²) in [5, 5.41) is 13.9. The van der Waals surface area contributed by atoms with Crippen molar-refractivity contribution in [3.63, 3.8) is 0 Å². The van der Waals surface area contributed by atoms with Gasteiger partial charge in [-0.05, 0) is 55.8 Å². The number of carboxylic acids is 1. The van der Waals surface area contributed by atoms with E-state index in [1.165, 1.54) is 21.6 Å². The molecule has 2 heterocycles. The van der Waals surface area contributed by atoms with Crippen LogP contribution in [0.1, 0.15) is 16.1 Å². The predicted octanol–water partition coefficient (Wildman–Crippen LogP) is 5.41. The average molecular weight is 396 g/mol. The molecule has 2 N–H and O–H groups in total. The first-order valence-electron chi connectivity index (χ1n) is 8.41. The Bertz CT molecular complexity index is 1130. The summed E-state index contributed by atoms with van der Waals surface area (Å²) in [6.45, 7) is 3.92. The molecule has 7 heteroatoms. The SMILES string of the molecule is Cc1ccc2nc(-c3ccc(Nc4nc(C)c(CC(=O)O)s4)cc3)sc2c1. The molecule has 0 saturated heterocycles. The van der Waals surface area contributed by atoms with E-state index in [-0.39, 0.29) is 6.42 Å². The van der Waals surface area contributed by atoms with Gasteiger partial charge in [0.25, 0.3) is 0 Å². The van der Waals surface area contributed by atoms with Gasteiger partial charge in [-0.1, -0.05) is 6.07 Å². The van der Waals surface area contributed by atoms with Gasteiger partial charge in [-0.15, -0.1) is 22.7 Å². The minimum atomic E-state index is -0.844. The summed E-state index contributed by atoms with van der Waals surface area (Å²) in [6, 6.07) is 14.3.